The average molecular weight is 329 g/mol. The minimum Gasteiger partial charge on any atom is -0.449 e. The molecule has 0 radical (unpaired) electrons. The number of nitrogens with zero attached hydrogens (tertiary/aromatic N) is 1. The summed E-state index contributed by atoms with van der Waals surface area (Å²) in [6.07, 6.45) is -0.301. The Kier molecular flexibility index (Phi) is 3.18. The Bertz CT molecular complexity index is 456. The number of anilines is 1. The van der Waals surface area contributed by atoms with Gasteiger partial charge in [0.05, 0.1) is 18.8 Å². The van der Waals surface area contributed by atoms with Gasteiger partial charge in [0.2, 0.25) is 0 Å². The summed E-state index contributed by atoms with van der Waals surface area (Å²) in [5.74, 6) is 0. The van der Waals surface area contributed by atoms with Crippen LogP contribution in [0, 0.1) is 3.57 Å². The van der Waals surface area contributed by atoms with E-state index in [0.717, 1.165) is 20.4 Å². The minimum absolute atomic E-state index is 0.301. The van der Waals surface area contributed by atoms with Crippen molar-refractivity contribution in [1.82, 2.24) is 0 Å². The Labute approximate surface area is 108 Å². The lowest BCUT2D eigenvalue weighted by molar-refractivity contribution is 0.161. The number of rotatable bonds is 1. The molecular weight excluding hydrogens is 317 g/mol. The van der Waals surface area contributed by atoms with Crippen molar-refractivity contribution in [1.29, 1.82) is 0 Å². The van der Waals surface area contributed by atoms with Gasteiger partial charge in [0.15, 0.2) is 0 Å². The SMILES string of the molecule is C=C1CN(C(=O)OCC)c2cccc(I)c21. The summed E-state index contributed by atoms with van der Waals surface area (Å²) in [6.45, 7) is 6.71. The highest BCUT2D eigenvalue weighted by atomic mass is 127. The van der Waals surface area contributed by atoms with Gasteiger partial charge in [-0.3, -0.25) is 4.90 Å². The van der Waals surface area contributed by atoms with Crippen molar-refractivity contribution in [3.05, 3.63) is 33.9 Å². The van der Waals surface area contributed by atoms with Gasteiger partial charge in [-0.15, -0.1) is 0 Å². The van der Waals surface area contributed by atoms with E-state index in [1.807, 2.05) is 18.2 Å². The summed E-state index contributed by atoms with van der Waals surface area (Å²) in [4.78, 5) is 13.4. The second-order valence-corrected chi connectivity index (χ2v) is 4.68. The number of amides is 1. The maximum Gasteiger partial charge on any atom is 0.414 e. The molecule has 1 heterocycles. The van der Waals surface area contributed by atoms with Gasteiger partial charge >= 0.3 is 6.09 Å². The van der Waals surface area contributed by atoms with Crippen molar-refractivity contribution in [3.8, 4) is 0 Å². The lowest BCUT2D eigenvalue weighted by atomic mass is 10.1. The molecule has 2 rings (SSSR count). The van der Waals surface area contributed by atoms with Gasteiger partial charge in [0.25, 0.3) is 0 Å². The number of ether oxygens (including phenoxy) is 1. The third-order valence-electron chi connectivity index (χ3n) is 2.47. The van der Waals surface area contributed by atoms with E-state index in [1.54, 1.807) is 11.8 Å². The summed E-state index contributed by atoms with van der Waals surface area (Å²) in [5.41, 5.74) is 2.93. The number of hydrogen-bond acceptors (Lipinski definition) is 2. The van der Waals surface area contributed by atoms with E-state index in [-0.39, 0.29) is 6.09 Å². The van der Waals surface area contributed by atoms with E-state index < -0.39 is 0 Å². The van der Waals surface area contributed by atoms with E-state index in [9.17, 15) is 4.79 Å². The smallest absolute Gasteiger partial charge is 0.414 e. The minimum atomic E-state index is -0.301. The monoisotopic (exact) mass is 329 g/mol. The van der Waals surface area contributed by atoms with Crippen molar-refractivity contribution in [2.24, 2.45) is 0 Å². The molecule has 0 atom stereocenters. The number of carbonyl (C=O) groups is 1. The lowest BCUT2D eigenvalue weighted by Gasteiger charge is -2.15. The Morgan fingerprint density at radius 3 is 3.06 bits per heavy atom. The topological polar surface area (TPSA) is 29.5 Å². The van der Waals surface area contributed by atoms with Crippen molar-refractivity contribution < 1.29 is 9.53 Å². The van der Waals surface area contributed by atoms with Gasteiger partial charge in [0, 0.05) is 9.13 Å². The molecule has 84 valence electrons. The summed E-state index contributed by atoms with van der Waals surface area (Å²) in [6, 6.07) is 5.87. The van der Waals surface area contributed by atoms with Crippen molar-refractivity contribution in [3.63, 3.8) is 0 Å². The average Bonchev–Trinajstić information content (AvgIpc) is 2.58. The Morgan fingerprint density at radius 2 is 2.38 bits per heavy atom. The van der Waals surface area contributed by atoms with Crippen LogP contribution in [-0.2, 0) is 4.74 Å². The van der Waals surface area contributed by atoms with Crippen LogP contribution in [0.1, 0.15) is 12.5 Å². The number of halogens is 1. The highest BCUT2D eigenvalue weighted by Gasteiger charge is 2.29. The number of fused-ring (bicyclic) bond motifs is 1. The zero-order valence-electron chi connectivity index (χ0n) is 9.00. The first-order valence-corrected chi connectivity index (χ1v) is 6.14. The van der Waals surface area contributed by atoms with E-state index in [0.29, 0.717) is 13.2 Å². The summed E-state index contributed by atoms with van der Waals surface area (Å²) in [7, 11) is 0. The first-order chi connectivity index (χ1) is 7.65. The fourth-order valence-electron chi connectivity index (χ4n) is 1.81. The van der Waals surface area contributed by atoms with E-state index in [2.05, 4.69) is 29.2 Å². The number of benzene rings is 1. The number of carbonyl (C=O) groups excluding carboxylic acids is 1. The largest absolute Gasteiger partial charge is 0.449 e. The standard InChI is InChI=1S/C12H12INO2/c1-3-16-12(15)14-7-8(2)11-9(13)5-4-6-10(11)14/h4-6H,2-3,7H2,1H3. The molecule has 0 aromatic heterocycles. The highest BCUT2D eigenvalue weighted by molar-refractivity contribution is 14.1. The van der Waals surface area contributed by atoms with Crippen LogP contribution in [0.5, 0.6) is 0 Å². The molecule has 16 heavy (non-hydrogen) atoms. The fourth-order valence-corrected chi connectivity index (χ4v) is 2.67. The van der Waals surface area contributed by atoms with Crippen LogP contribution in [0.3, 0.4) is 0 Å². The Balaban J connectivity index is 2.40. The van der Waals surface area contributed by atoms with Crippen LogP contribution < -0.4 is 4.90 Å². The Hall–Kier alpha value is -1.04. The molecule has 1 amide bonds. The van der Waals surface area contributed by atoms with E-state index >= 15 is 0 Å². The first-order valence-electron chi connectivity index (χ1n) is 5.06. The van der Waals surface area contributed by atoms with Gasteiger partial charge in [-0.05, 0) is 47.2 Å². The quantitative estimate of drug-likeness (QED) is 0.740. The van der Waals surface area contributed by atoms with Gasteiger partial charge in [-0.1, -0.05) is 12.6 Å². The molecular formula is C12H12INO2. The molecule has 3 nitrogen and oxygen atoms in total. The highest BCUT2D eigenvalue weighted by Crippen LogP contribution is 2.37. The normalized spacial score (nSPS) is 13.9. The van der Waals surface area contributed by atoms with Gasteiger partial charge < -0.3 is 4.74 Å². The fraction of sp³-hybridized carbons (Fsp3) is 0.250. The maximum atomic E-state index is 11.7. The number of hydrogen-bond donors (Lipinski definition) is 0. The summed E-state index contributed by atoms with van der Waals surface area (Å²) >= 11 is 2.26. The summed E-state index contributed by atoms with van der Waals surface area (Å²) in [5, 5.41) is 0. The molecule has 1 aliphatic heterocycles. The molecule has 0 spiro atoms. The predicted octanol–water partition coefficient (Wildman–Crippen LogP) is 3.28. The molecule has 0 aliphatic carbocycles. The zero-order valence-corrected chi connectivity index (χ0v) is 11.2. The zero-order chi connectivity index (χ0) is 11.7. The van der Waals surface area contributed by atoms with E-state index in [4.69, 9.17) is 4.74 Å². The molecule has 0 bridgehead atoms. The van der Waals surface area contributed by atoms with Crippen molar-refractivity contribution in [2.45, 2.75) is 6.92 Å². The maximum absolute atomic E-state index is 11.7. The van der Waals surface area contributed by atoms with Crippen LogP contribution in [0.2, 0.25) is 0 Å². The van der Waals surface area contributed by atoms with Crippen molar-refractivity contribution in [2.75, 3.05) is 18.1 Å². The van der Waals surface area contributed by atoms with E-state index in [1.165, 1.54) is 0 Å². The third-order valence-corrected chi connectivity index (χ3v) is 3.37. The van der Waals surface area contributed by atoms with Crippen LogP contribution in [0.25, 0.3) is 5.57 Å². The predicted molar refractivity (Wildman–Crippen MR) is 72.6 cm³/mol. The van der Waals surface area contributed by atoms with Crippen LogP contribution in [0.4, 0.5) is 10.5 Å². The summed E-state index contributed by atoms with van der Waals surface area (Å²) < 4.78 is 6.13. The molecule has 1 aliphatic rings. The van der Waals surface area contributed by atoms with Crippen LogP contribution in [-0.4, -0.2) is 19.2 Å². The van der Waals surface area contributed by atoms with Crippen LogP contribution >= 0.6 is 22.6 Å². The second kappa shape index (κ2) is 4.45. The molecule has 4 heteroatoms. The molecule has 1 aromatic carbocycles. The molecule has 0 unspecified atom stereocenters. The molecule has 0 N–H and O–H groups in total. The second-order valence-electron chi connectivity index (χ2n) is 3.52. The van der Waals surface area contributed by atoms with Gasteiger partial charge in [-0.25, -0.2) is 4.79 Å². The van der Waals surface area contributed by atoms with Gasteiger partial charge in [-0.2, -0.15) is 0 Å². The molecule has 1 aromatic rings. The Morgan fingerprint density at radius 1 is 1.62 bits per heavy atom. The molecule has 0 saturated carbocycles. The van der Waals surface area contributed by atoms with Crippen molar-refractivity contribution >= 4 is 39.9 Å². The molecule has 0 fully saturated rings. The van der Waals surface area contributed by atoms with Crippen LogP contribution in [0.15, 0.2) is 24.8 Å². The molecule has 0 saturated heterocycles. The first kappa shape index (κ1) is 11.4. The third kappa shape index (κ3) is 1.81. The lowest BCUT2D eigenvalue weighted by Crippen LogP contribution is -2.29. The van der Waals surface area contributed by atoms with Gasteiger partial charge in [0.1, 0.15) is 0 Å².